The quantitative estimate of drug-likeness (QED) is 0.655. The van der Waals surface area contributed by atoms with Crippen LogP contribution >= 0.6 is 0 Å². The van der Waals surface area contributed by atoms with Crippen molar-refractivity contribution >= 4 is 17.9 Å². The van der Waals surface area contributed by atoms with E-state index in [1.54, 1.807) is 31.3 Å². The lowest BCUT2D eigenvalue weighted by Crippen LogP contribution is -2.17. The van der Waals surface area contributed by atoms with E-state index in [4.69, 9.17) is 14.9 Å². The topological polar surface area (TPSA) is 112 Å². The number of aromatic nitrogens is 4. The molecule has 0 spiro atoms. The van der Waals surface area contributed by atoms with Crippen LogP contribution in [0.3, 0.4) is 0 Å². The van der Waals surface area contributed by atoms with Crippen molar-refractivity contribution in [1.29, 1.82) is 0 Å². The second-order valence-electron chi connectivity index (χ2n) is 6.33. The molecule has 142 valence electrons. The van der Waals surface area contributed by atoms with E-state index in [0.717, 1.165) is 17.1 Å². The second kappa shape index (κ2) is 7.48. The normalized spacial score (nSPS) is 10.8. The van der Waals surface area contributed by atoms with Gasteiger partial charge in [0.15, 0.2) is 12.4 Å². The fourth-order valence-corrected chi connectivity index (χ4v) is 2.71. The van der Waals surface area contributed by atoms with Crippen molar-refractivity contribution in [2.45, 2.75) is 27.0 Å². The minimum Gasteiger partial charge on any atom is -0.467 e. The van der Waals surface area contributed by atoms with Gasteiger partial charge in [-0.15, -0.1) is 0 Å². The predicted octanol–water partition coefficient (Wildman–Crippen LogP) is 1.94. The zero-order chi connectivity index (χ0) is 19.6. The molecule has 27 heavy (non-hydrogen) atoms. The Morgan fingerprint density at radius 3 is 2.74 bits per heavy atom. The molecular formula is C18H22N6O3. The first kappa shape index (κ1) is 18.4. The molecule has 3 rings (SSSR count). The number of aryl methyl sites for hydroxylation is 1. The lowest BCUT2D eigenvalue weighted by Gasteiger charge is -2.11. The van der Waals surface area contributed by atoms with Crippen LogP contribution in [-0.4, -0.2) is 39.6 Å². The minimum absolute atomic E-state index is 0.0800. The van der Waals surface area contributed by atoms with Gasteiger partial charge in [-0.25, -0.2) is 4.79 Å². The highest BCUT2D eigenvalue weighted by Crippen LogP contribution is 2.19. The first-order valence-electron chi connectivity index (χ1n) is 8.39. The molecule has 0 aromatic carbocycles. The number of esters is 1. The Labute approximate surface area is 156 Å². The number of nitrogens with two attached hydrogens (primary N) is 1. The Balaban J connectivity index is 1.73. The van der Waals surface area contributed by atoms with Gasteiger partial charge in [-0.05, 0) is 32.0 Å². The summed E-state index contributed by atoms with van der Waals surface area (Å²) in [5, 5.41) is 0. The highest BCUT2D eigenvalue weighted by Gasteiger charge is 2.18. The molecule has 0 unspecified atom stereocenters. The van der Waals surface area contributed by atoms with E-state index in [2.05, 4.69) is 15.0 Å². The van der Waals surface area contributed by atoms with Gasteiger partial charge in [0.1, 0.15) is 5.76 Å². The van der Waals surface area contributed by atoms with Gasteiger partial charge in [0.05, 0.1) is 18.4 Å². The molecule has 0 aliphatic carbocycles. The monoisotopic (exact) mass is 370 g/mol. The highest BCUT2D eigenvalue weighted by atomic mass is 16.5. The third-order valence-corrected chi connectivity index (χ3v) is 4.11. The summed E-state index contributed by atoms with van der Waals surface area (Å²) in [5.41, 5.74) is 7.92. The fraction of sp³-hybridized carbons (Fsp3) is 0.333. The fourth-order valence-electron chi connectivity index (χ4n) is 2.71. The Bertz CT molecular complexity index is 946. The Hall–Kier alpha value is -3.36. The first-order chi connectivity index (χ1) is 12.8. The molecule has 3 aromatic heterocycles. The van der Waals surface area contributed by atoms with Crippen molar-refractivity contribution in [3.8, 4) is 0 Å². The summed E-state index contributed by atoms with van der Waals surface area (Å²) in [5.74, 6) is 1.15. The van der Waals surface area contributed by atoms with Gasteiger partial charge >= 0.3 is 5.97 Å². The Kier molecular flexibility index (Phi) is 5.11. The van der Waals surface area contributed by atoms with Gasteiger partial charge in [-0.2, -0.15) is 15.0 Å². The summed E-state index contributed by atoms with van der Waals surface area (Å²) >= 11 is 0. The largest absolute Gasteiger partial charge is 0.467 e. The van der Waals surface area contributed by atoms with Crippen LogP contribution in [0.25, 0.3) is 0 Å². The maximum Gasteiger partial charge on any atom is 0.340 e. The molecular weight excluding hydrogens is 348 g/mol. The number of rotatable bonds is 6. The number of nitrogen functional groups attached to an aromatic ring is 1. The van der Waals surface area contributed by atoms with E-state index in [9.17, 15) is 4.79 Å². The van der Waals surface area contributed by atoms with Crippen LogP contribution < -0.4 is 10.6 Å². The van der Waals surface area contributed by atoms with Crippen molar-refractivity contribution in [3.05, 3.63) is 53.0 Å². The molecule has 0 radical (unpaired) electrons. The van der Waals surface area contributed by atoms with Crippen molar-refractivity contribution in [2.24, 2.45) is 0 Å². The van der Waals surface area contributed by atoms with Gasteiger partial charge in [0.25, 0.3) is 0 Å². The summed E-state index contributed by atoms with van der Waals surface area (Å²) in [6, 6.07) is 5.53. The molecule has 9 heteroatoms. The maximum atomic E-state index is 12.5. The number of carbonyl (C=O) groups excluding carboxylic acids is 1. The second-order valence-corrected chi connectivity index (χ2v) is 6.33. The number of hydrogen-bond acceptors (Lipinski definition) is 8. The maximum absolute atomic E-state index is 12.5. The van der Waals surface area contributed by atoms with E-state index in [0.29, 0.717) is 23.9 Å². The van der Waals surface area contributed by atoms with Crippen LogP contribution in [-0.2, 0) is 17.9 Å². The number of nitrogens with zero attached hydrogens (tertiary/aromatic N) is 5. The summed E-state index contributed by atoms with van der Waals surface area (Å²) in [6.45, 7) is 4.27. The molecule has 0 amide bonds. The van der Waals surface area contributed by atoms with Gasteiger partial charge in [-0.3, -0.25) is 0 Å². The van der Waals surface area contributed by atoms with Crippen molar-refractivity contribution in [1.82, 2.24) is 19.5 Å². The van der Waals surface area contributed by atoms with E-state index < -0.39 is 5.97 Å². The molecule has 0 atom stereocenters. The van der Waals surface area contributed by atoms with Crippen LogP contribution in [0, 0.1) is 13.8 Å². The number of carbonyl (C=O) groups is 1. The number of ether oxygens (including phenoxy) is 1. The molecule has 0 fully saturated rings. The molecule has 0 aliphatic rings. The molecule has 0 aliphatic heterocycles. The third kappa shape index (κ3) is 4.08. The standard InChI is InChI=1S/C18H22N6O3/c1-11-8-14(12(2)24(11)9-13-6-5-7-26-13)16(25)27-10-15-20-17(19)22-18(21-15)23(3)4/h5-8H,9-10H2,1-4H3,(H2,19,20,21,22). The summed E-state index contributed by atoms with van der Waals surface area (Å²) in [7, 11) is 3.58. The highest BCUT2D eigenvalue weighted by molar-refractivity contribution is 5.91. The lowest BCUT2D eigenvalue weighted by atomic mass is 10.2. The number of furan rings is 1. The molecule has 2 N–H and O–H groups in total. The molecule has 0 saturated carbocycles. The smallest absolute Gasteiger partial charge is 0.340 e. The molecule has 0 saturated heterocycles. The van der Waals surface area contributed by atoms with Crippen molar-refractivity contribution in [3.63, 3.8) is 0 Å². The van der Waals surface area contributed by atoms with E-state index in [1.807, 2.05) is 30.5 Å². The van der Waals surface area contributed by atoms with Gasteiger partial charge < -0.3 is 24.4 Å². The average Bonchev–Trinajstić information content (AvgIpc) is 3.23. The van der Waals surface area contributed by atoms with Crippen molar-refractivity contribution < 1.29 is 13.9 Å². The van der Waals surface area contributed by atoms with Crippen molar-refractivity contribution in [2.75, 3.05) is 24.7 Å². The number of anilines is 2. The van der Waals surface area contributed by atoms with Crippen LogP contribution in [0.15, 0.2) is 28.9 Å². The number of hydrogen-bond donors (Lipinski definition) is 1. The average molecular weight is 370 g/mol. The summed E-state index contributed by atoms with van der Waals surface area (Å²) in [4.78, 5) is 26.5. The van der Waals surface area contributed by atoms with Crippen LogP contribution in [0.2, 0.25) is 0 Å². The Morgan fingerprint density at radius 1 is 1.30 bits per heavy atom. The molecule has 9 nitrogen and oxygen atoms in total. The molecule has 0 bridgehead atoms. The summed E-state index contributed by atoms with van der Waals surface area (Å²) in [6.07, 6.45) is 1.63. The third-order valence-electron chi connectivity index (χ3n) is 4.11. The predicted molar refractivity (Wildman–Crippen MR) is 99.4 cm³/mol. The Morgan fingerprint density at radius 2 is 2.07 bits per heavy atom. The first-order valence-corrected chi connectivity index (χ1v) is 8.39. The zero-order valence-corrected chi connectivity index (χ0v) is 15.8. The molecule has 3 heterocycles. The zero-order valence-electron chi connectivity index (χ0n) is 15.8. The van der Waals surface area contributed by atoms with E-state index in [1.165, 1.54) is 0 Å². The SMILES string of the molecule is Cc1cc(C(=O)OCc2nc(N)nc(N(C)C)n2)c(C)n1Cc1ccco1. The van der Waals surface area contributed by atoms with Crippen LogP contribution in [0.5, 0.6) is 0 Å². The van der Waals surface area contributed by atoms with Crippen LogP contribution in [0.4, 0.5) is 11.9 Å². The van der Waals surface area contributed by atoms with Gasteiger partial charge in [-0.1, -0.05) is 0 Å². The van der Waals surface area contributed by atoms with E-state index in [-0.39, 0.29) is 12.6 Å². The molecule has 3 aromatic rings. The lowest BCUT2D eigenvalue weighted by molar-refractivity contribution is 0.0461. The minimum atomic E-state index is -0.445. The van der Waals surface area contributed by atoms with Crippen LogP contribution in [0.1, 0.15) is 33.3 Å². The van der Waals surface area contributed by atoms with E-state index >= 15 is 0 Å². The summed E-state index contributed by atoms with van der Waals surface area (Å²) < 4.78 is 12.8. The van der Waals surface area contributed by atoms with Gasteiger partial charge in [0.2, 0.25) is 11.9 Å². The van der Waals surface area contributed by atoms with Gasteiger partial charge in [0, 0.05) is 25.5 Å².